The molecule has 0 saturated heterocycles. The van der Waals surface area contributed by atoms with E-state index in [0.717, 1.165) is 17.9 Å². The Morgan fingerprint density at radius 2 is 2.50 bits per heavy atom. The van der Waals surface area contributed by atoms with Crippen LogP contribution in [0.3, 0.4) is 0 Å². The standard InChI is InChI=1S/C10H12OS/c1-8-4-6-12-10(7-8)9-3-2-5-11-9/h2-5,10H,6-7H2,1H3. The summed E-state index contributed by atoms with van der Waals surface area (Å²) in [5.74, 6) is 2.24. The molecule has 0 fully saturated rings. The molecule has 1 aromatic rings. The van der Waals surface area contributed by atoms with Crippen LogP contribution in [0.1, 0.15) is 24.4 Å². The van der Waals surface area contributed by atoms with Gasteiger partial charge < -0.3 is 4.42 Å². The van der Waals surface area contributed by atoms with E-state index in [-0.39, 0.29) is 0 Å². The van der Waals surface area contributed by atoms with Gasteiger partial charge in [-0.05, 0) is 25.5 Å². The summed E-state index contributed by atoms with van der Waals surface area (Å²) in [5, 5.41) is 0.546. The quantitative estimate of drug-likeness (QED) is 0.614. The third-order valence-corrected chi connectivity index (χ3v) is 3.26. The fourth-order valence-electron chi connectivity index (χ4n) is 1.40. The van der Waals surface area contributed by atoms with Gasteiger partial charge in [-0.2, -0.15) is 0 Å². The Bertz CT molecular complexity index is 274. The predicted molar refractivity (Wildman–Crippen MR) is 52.3 cm³/mol. The van der Waals surface area contributed by atoms with E-state index >= 15 is 0 Å². The molecule has 2 rings (SSSR count). The van der Waals surface area contributed by atoms with Crippen molar-refractivity contribution in [3.05, 3.63) is 35.8 Å². The van der Waals surface area contributed by atoms with Gasteiger partial charge in [0, 0.05) is 5.75 Å². The van der Waals surface area contributed by atoms with Gasteiger partial charge in [-0.3, -0.25) is 0 Å². The monoisotopic (exact) mass is 180 g/mol. The Balaban J connectivity index is 2.12. The van der Waals surface area contributed by atoms with E-state index < -0.39 is 0 Å². The van der Waals surface area contributed by atoms with Gasteiger partial charge in [0.1, 0.15) is 5.76 Å². The van der Waals surface area contributed by atoms with Crippen molar-refractivity contribution in [3.63, 3.8) is 0 Å². The molecular formula is C10H12OS. The lowest BCUT2D eigenvalue weighted by Gasteiger charge is -2.18. The first-order valence-corrected chi connectivity index (χ1v) is 5.22. The summed E-state index contributed by atoms with van der Waals surface area (Å²) in [6.45, 7) is 2.19. The van der Waals surface area contributed by atoms with E-state index in [0.29, 0.717) is 5.25 Å². The van der Waals surface area contributed by atoms with Crippen molar-refractivity contribution < 1.29 is 4.42 Å². The summed E-state index contributed by atoms with van der Waals surface area (Å²) in [6.07, 6.45) is 5.19. The predicted octanol–water partition coefficient (Wildman–Crippen LogP) is 3.40. The van der Waals surface area contributed by atoms with Gasteiger partial charge in [-0.15, -0.1) is 11.8 Å². The fourth-order valence-corrected chi connectivity index (χ4v) is 2.69. The molecule has 1 aliphatic heterocycles. The Morgan fingerprint density at radius 3 is 3.17 bits per heavy atom. The summed E-state index contributed by atoms with van der Waals surface area (Å²) in [6, 6.07) is 4.03. The Hall–Kier alpha value is -0.630. The zero-order valence-electron chi connectivity index (χ0n) is 7.12. The summed E-state index contributed by atoms with van der Waals surface area (Å²) < 4.78 is 5.37. The smallest absolute Gasteiger partial charge is 0.117 e. The molecule has 1 atom stereocenters. The SMILES string of the molecule is CC1=CCSC(c2ccco2)C1. The van der Waals surface area contributed by atoms with E-state index in [1.165, 1.54) is 5.57 Å². The van der Waals surface area contributed by atoms with E-state index in [1.54, 1.807) is 6.26 Å². The third kappa shape index (κ3) is 1.58. The molecule has 1 nitrogen and oxygen atoms in total. The summed E-state index contributed by atoms with van der Waals surface area (Å²) in [5.41, 5.74) is 1.48. The van der Waals surface area contributed by atoms with Crippen molar-refractivity contribution in [1.29, 1.82) is 0 Å². The van der Waals surface area contributed by atoms with Crippen molar-refractivity contribution in [3.8, 4) is 0 Å². The van der Waals surface area contributed by atoms with Crippen LogP contribution in [0, 0.1) is 0 Å². The lowest BCUT2D eigenvalue weighted by Crippen LogP contribution is -1.99. The molecule has 64 valence electrons. The molecule has 12 heavy (non-hydrogen) atoms. The van der Waals surface area contributed by atoms with Gasteiger partial charge in [0.2, 0.25) is 0 Å². The van der Waals surface area contributed by atoms with E-state index in [4.69, 9.17) is 4.42 Å². The molecule has 2 heterocycles. The topological polar surface area (TPSA) is 13.1 Å². The lowest BCUT2D eigenvalue weighted by molar-refractivity contribution is 0.503. The van der Waals surface area contributed by atoms with Gasteiger partial charge in [0.25, 0.3) is 0 Å². The molecule has 0 aromatic carbocycles. The second-order valence-electron chi connectivity index (χ2n) is 3.09. The fraction of sp³-hybridized carbons (Fsp3) is 0.400. The van der Waals surface area contributed by atoms with E-state index in [2.05, 4.69) is 19.1 Å². The van der Waals surface area contributed by atoms with Crippen molar-refractivity contribution in [1.82, 2.24) is 0 Å². The zero-order chi connectivity index (χ0) is 8.39. The largest absolute Gasteiger partial charge is 0.468 e. The molecule has 0 radical (unpaired) electrons. The highest BCUT2D eigenvalue weighted by Crippen LogP contribution is 2.38. The molecule has 0 saturated carbocycles. The Labute approximate surface area is 76.8 Å². The minimum absolute atomic E-state index is 0.546. The first-order chi connectivity index (χ1) is 5.86. The molecule has 0 bridgehead atoms. The average Bonchev–Trinajstić information content (AvgIpc) is 2.56. The highest BCUT2D eigenvalue weighted by molar-refractivity contribution is 7.99. The highest BCUT2D eigenvalue weighted by atomic mass is 32.2. The number of thioether (sulfide) groups is 1. The van der Waals surface area contributed by atoms with Crippen LogP contribution < -0.4 is 0 Å². The molecule has 0 aliphatic carbocycles. The van der Waals surface area contributed by atoms with Crippen molar-refractivity contribution >= 4 is 11.8 Å². The molecule has 0 amide bonds. The summed E-state index contributed by atoms with van der Waals surface area (Å²) in [4.78, 5) is 0. The maximum absolute atomic E-state index is 5.37. The van der Waals surface area contributed by atoms with Crippen molar-refractivity contribution in [2.24, 2.45) is 0 Å². The van der Waals surface area contributed by atoms with Crippen molar-refractivity contribution in [2.75, 3.05) is 5.75 Å². The van der Waals surface area contributed by atoms with Crippen LogP contribution in [-0.2, 0) is 0 Å². The molecule has 0 spiro atoms. The van der Waals surface area contributed by atoms with Gasteiger partial charge in [0.15, 0.2) is 0 Å². The first-order valence-electron chi connectivity index (χ1n) is 4.17. The minimum atomic E-state index is 0.546. The molecule has 1 aromatic heterocycles. The van der Waals surface area contributed by atoms with Crippen LogP contribution in [0.25, 0.3) is 0 Å². The van der Waals surface area contributed by atoms with Crippen LogP contribution >= 0.6 is 11.8 Å². The van der Waals surface area contributed by atoms with Crippen LogP contribution in [0.15, 0.2) is 34.5 Å². The maximum Gasteiger partial charge on any atom is 0.117 e. The van der Waals surface area contributed by atoms with Gasteiger partial charge in [-0.1, -0.05) is 11.6 Å². The molecule has 1 aliphatic rings. The first kappa shape index (κ1) is 7.99. The van der Waals surface area contributed by atoms with Gasteiger partial charge in [0.05, 0.1) is 11.5 Å². The normalized spacial score (nSPS) is 23.8. The van der Waals surface area contributed by atoms with E-state index in [1.807, 2.05) is 17.8 Å². The number of hydrogen-bond donors (Lipinski definition) is 0. The number of rotatable bonds is 1. The van der Waals surface area contributed by atoms with E-state index in [9.17, 15) is 0 Å². The second-order valence-corrected chi connectivity index (χ2v) is 4.33. The highest BCUT2D eigenvalue weighted by Gasteiger charge is 2.17. The third-order valence-electron chi connectivity index (χ3n) is 2.10. The number of hydrogen-bond acceptors (Lipinski definition) is 2. The molecule has 0 N–H and O–H groups in total. The summed E-state index contributed by atoms with van der Waals surface area (Å²) in [7, 11) is 0. The number of furan rings is 1. The van der Waals surface area contributed by atoms with Crippen LogP contribution in [0.5, 0.6) is 0 Å². The molecule has 2 heteroatoms. The maximum atomic E-state index is 5.37. The average molecular weight is 180 g/mol. The molecule has 1 unspecified atom stereocenters. The second kappa shape index (κ2) is 3.40. The Kier molecular flexibility index (Phi) is 2.26. The minimum Gasteiger partial charge on any atom is -0.468 e. The summed E-state index contributed by atoms with van der Waals surface area (Å²) >= 11 is 1.95. The van der Waals surface area contributed by atoms with Gasteiger partial charge in [-0.25, -0.2) is 0 Å². The van der Waals surface area contributed by atoms with Gasteiger partial charge >= 0.3 is 0 Å². The lowest BCUT2D eigenvalue weighted by atomic mass is 10.1. The zero-order valence-corrected chi connectivity index (χ0v) is 7.93. The Morgan fingerprint density at radius 1 is 1.58 bits per heavy atom. The van der Waals surface area contributed by atoms with Crippen LogP contribution in [-0.4, -0.2) is 5.75 Å². The number of allylic oxidation sites excluding steroid dienone is 1. The van der Waals surface area contributed by atoms with Crippen molar-refractivity contribution in [2.45, 2.75) is 18.6 Å². The molecular weight excluding hydrogens is 168 g/mol. The van der Waals surface area contributed by atoms with Crippen LogP contribution in [0.2, 0.25) is 0 Å². The van der Waals surface area contributed by atoms with Crippen LogP contribution in [0.4, 0.5) is 0 Å².